The van der Waals surface area contributed by atoms with Crippen molar-refractivity contribution in [1.82, 2.24) is 9.30 Å². The van der Waals surface area contributed by atoms with Crippen molar-refractivity contribution in [3.05, 3.63) is 71.5 Å². The van der Waals surface area contributed by atoms with Crippen molar-refractivity contribution < 1.29 is 19.4 Å². The third-order valence-corrected chi connectivity index (χ3v) is 5.70. The summed E-state index contributed by atoms with van der Waals surface area (Å²) in [5, 5.41) is 9.34. The number of carbonyl (C=O) groups excluding carboxylic acids is 1. The number of rotatable bonds is 6. The zero-order valence-electron chi connectivity index (χ0n) is 16.4. The van der Waals surface area contributed by atoms with E-state index in [1.54, 1.807) is 4.90 Å². The first-order valence-corrected chi connectivity index (χ1v) is 9.79. The fourth-order valence-electron chi connectivity index (χ4n) is 4.20. The molecule has 0 bridgehead atoms. The summed E-state index contributed by atoms with van der Waals surface area (Å²) in [7, 11) is 1.82. The van der Waals surface area contributed by atoms with Crippen LogP contribution < -0.4 is 4.74 Å². The number of carboxylic acid groups (broad SMARTS) is 1. The zero-order valence-corrected chi connectivity index (χ0v) is 16.4. The standard InChI is InChI=1S/C23H24N2O4/c1-24(22(26)15-29-17-7-3-2-4-8-17)16-10-11-18-19(14-23(27)28)20-9-5-6-12-25(20)21(18)13-16/h2-9,12,16H,10-11,13-15H2,1H3,(H,27,28)/t16-/m1/s1. The summed E-state index contributed by atoms with van der Waals surface area (Å²) in [6.07, 6.45) is 4.27. The molecule has 4 rings (SSSR count). The van der Waals surface area contributed by atoms with E-state index in [1.165, 1.54) is 0 Å². The van der Waals surface area contributed by atoms with Gasteiger partial charge in [0.05, 0.1) is 6.42 Å². The summed E-state index contributed by atoms with van der Waals surface area (Å²) >= 11 is 0. The number of nitrogens with zero attached hydrogens (tertiary/aromatic N) is 2. The molecule has 2 aromatic heterocycles. The summed E-state index contributed by atoms with van der Waals surface area (Å²) in [6.45, 7) is 0.00301. The predicted octanol–water partition coefficient (Wildman–Crippen LogP) is 2.96. The highest BCUT2D eigenvalue weighted by atomic mass is 16.5. The Bertz CT molecular complexity index is 1040. The van der Waals surface area contributed by atoms with Crippen LogP contribution in [0.4, 0.5) is 0 Å². The Kier molecular flexibility index (Phi) is 5.25. The van der Waals surface area contributed by atoms with Crippen molar-refractivity contribution in [3.8, 4) is 5.75 Å². The highest BCUT2D eigenvalue weighted by molar-refractivity contribution is 5.78. The summed E-state index contributed by atoms with van der Waals surface area (Å²) < 4.78 is 7.69. The number of hydrogen-bond donors (Lipinski definition) is 1. The lowest BCUT2D eigenvalue weighted by Crippen LogP contribution is -2.43. The Morgan fingerprint density at radius 2 is 1.93 bits per heavy atom. The topological polar surface area (TPSA) is 71.2 Å². The van der Waals surface area contributed by atoms with Gasteiger partial charge in [0, 0.05) is 36.9 Å². The first-order valence-electron chi connectivity index (χ1n) is 9.79. The van der Waals surface area contributed by atoms with Gasteiger partial charge >= 0.3 is 5.97 Å². The molecule has 1 aliphatic rings. The minimum absolute atomic E-state index is 0.00301. The molecule has 1 atom stereocenters. The molecule has 0 saturated heterocycles. The van der Waals surface area contributed by atoms with Gasteiger partial charge in [-0.2, -0.15) is 0 Å². The van der Waals surface area contributed by atoms with Gasteiger partial charge in [-0.25, -0.2) is 0 Å². The molecular formula is C23H24N2O4. The van der Waals surface area contributed by atoms with Crippen molar-refractivity contribution in [2.45, 2.75) is 31.7 Å². The fraction of sp³-hybridized carbons (Fsp3) is 0.304. The Morgan fingerprint density at radius 1 is 1.17 bits per heavy atom. The summed E-state index contributed by atoms with van der Waals surface area (Å²) in [6, 6.07) is 15.2. The van der Waals surface area contributed by atoms with Gasteiger partial charge in [0.25, 0.3) is 5.91 Å². The Labute approximate surface area is 169 Å². The van der Waals surface area contributed by atoms with E-state index in [0.717, 1.165) is 35.2 Å². The molecule has 1 aromatic carbocycles. The largest absolute Gasteiger partial charge is 0.484 e. The van der Waals surface area contributed by atoms with Crippen LogP contribution in [0.15, 0.2) is 54.7 Å². The number of aromatic nitrogens is 1. The van der Waals surface area contributed by atoms with Crippen molar-refractivity contribution in [1.29, 1.82) is 0 Å². The van der Waals surface area contributed by atoms with Crippen LogP contribution in [0.3, 0.4) is 0 Å². The number of fused-ring (bicyclic) bond motifs is 3. The molecule has 6 heteroatoms. The van der Waals surface area contributed by atoms with E-state index in [9.17, 15) is 14.7 Å². The molecule has 0 spiro atoms. The first kappa shape index (κ1) is 19.1. The molecule has 150 valence electrons. The van der Waals surface area contributed by atoms with E-state index in [-0.39, 0.29) is 25.0 Å². The zero-order chi connectivity index (χ0) is 20.4. The molecule has 3 aromatic rings. The van der Waals surface area contributed by atoms with Gasteiger partial charge < -0.3 is 19.1 Å². The van der Waals surface area contributed by atoms with Gasteiger partial charge in [0.1, 0.15) is 5.75 Å². The van der Waals surface area contributed by atoms with Crippen LogP contribution in [0, 0.1) is 0 Å². The highest BCUT2D eigenvalue weighted by Gasteiger charge is 2.30. The number of carboxylic acids is 1. The molecule has 29 heavy (non-hydrogen) atoms. The minimum atomic E-state index is -0.823. The summed E-state index contributed by atoms with van der Waals surface area (Å²) in [5.41, 5.74) is 4.07. The third kappa shape index (κ3) is 3.83. The van der Waals surface area contributed by atoms with Gasteiger partial charge in [-0.3, -0.25) is 9.59 Å². The Balaban J connectivity index is 1.52. The molecular weight excluding hydrogens is 368 g/mol. The van der Waals surface area contributed by atoms with Crippen LogP contribution in [0.5, 0.6) is 5.75 Å². The van der Waals surface area contributed by atoms with Gasteiger partial charge in [0.15, 0.2) is 6.61 Å². The Morgan fingerprint density at radius 3 is 2.69 bits per heavy atom. The maximum absolute atomic E-state index is 12.7. The lowest BCUT2D eigenvalue weighted by atomic mass is 9.89. The molecule has 0 radical (unpaired) electrons. The van der Waals surface area contributed by atoms with E-state index < -0.39 is 5.97 Å². The van der Waals surface area contributed by atoms with E-state index >= 15 is 0 Å². The number of para-hydroxylation sites is 1. The van der Waals surface area contributed by atoms with Gasteiger partial charge in [-0.05, 0) is 48.2 Å². The molecule has 0 aliphatic heterocycles. The summed E-state index contributed by atoms with van der Waals surface area (Å²) in [5.74, 6) is -0.207. The second-order valence-electron chi connectivity index (χ2n) is 7.43. The number of amides is 1. The lowest BCUT2D eigenvalue weighted by molar-refractivity contribution is -0.136. The summed E-state index contributed by atoms with van der Waals surface area (Å²) in [4.78, 5) is 25.8. The van der Waals surface area contributed by atoms with Crippen molar-refractivity contribution in [3.63, 3.8) is 0 Å². The molecule has 1 N–H and O–H groups in total. The van der Waals surface area contributed by atoms with E-state index in [1.807, 2.05) is 61.8 Å². The molecule has 1 amide bonds. The highest BCUT2D eigenvalue weighted by Crippen LogP contribution is 2.32. The SMILES string of the molecule is CN(C(=O)COc1ccccc1)[C@@H]1CCc2c(CC(=O)O)c3ccccn3c2C1. The molecule has 0 unspecified atom stereocenters. The van der Waals surface area contributed by atoms with Crippen molar-refractivity contribution >= 4 is 17.4 Å². The van der Waals surface area contributed by atoms with Gasteiger partial charge in [-0.15, -0.1) is 0 Å². The van der Waals surface area contributed by atoms with Gasteiger partial charge in [-0.1, -0.05) is 24.3 Å². The van der Waals surface area contributed by atoms with Gasteiger partial charge in [0.2, 0.25) is 0 Å². The normalized spacial score (nSPS) is 15.7. The van der Waals surface area contributed by atoms with E-state index in [0.29, 0.717) is 12.2 Å². The fourth-order valence-corrected chi connectivity index (χ4v) is 4.20. The first-order chi connectivity index (χ1) is 14.0. The van der Waals surface area contributed by atoms with Crippen LogP contribution in [0.2, 0.25) is 0 Å². The minimum Gasteiger partial charge on any atom is -0.484 e. The molecule has 0 fully saturated rings. The van der Waals surface area contributed by atoms with Crippen molar-refractivity contribution in [2.75, 3.05) is 13.7 Å². The van der Waals surface area contributed by atoms with E-state index in [2.05, 4.69) is 4.40 Å². The third-order valence-electron chi connectivity index (χ3n) is 5.70. The van der Waals surface area contributed by atoms with Crippen LogP contribution >= 0.6 is 0 Å². The maximum atomic E-state index is 12.7. The number of pyridine rings is 1. The average Bonchev–Trinajstić information content (AvgIpc) is 3.05. The van der Waals surface area contributed by atoms with Crippen LogP contribution in [0.1, 0.15) is 23.2 Å². The van der Waals surface area contributed by atoms with Crippen LogP contribution in [0.25, 0.3) is 5.52 Å². The Hall–Kier alpha value is -3.28. The molecule has 1 aliphatic carbocycles. The predicted molar refractivity (Wildman–Crippen MR) is 109 cm³/mol. The van der Waals surface area contributed by atoms with Crippen LogP contribution in [-0.2, 0) is 28.9 Å². The monoisotopic (exact) mass is 392 g/mol. The number of aliphatic carboxylic acids is 1. The molecule has 0 saturated carbocycles. The second-order valence-corrected chi connectivity index (χ2v) is 7.43. The average molecular weight is 392 g/mol. The molecule has 6 nitrogen and oxygen atoms in total. The molecule has 2 heterocycles. The van der Waals surface area contributed by atoms with E-state index in [4.69, 9.17) is 4.74 Å². The number of carbonyl (C=O) groups is 2. The number of ether oxygens (including phenoxy) is 1. The smallest absolute Gasteiger partial charge is 0.307 e. The number of hydrogen-bond acceptors (Lipinski definition) is 3. The number of benzene rings is 1. The quantitative estimate of drug-likeness (QED) is 0.700. The van der Waals surface area contributed by atoms with Crippen LogP contribution in [-0.4, -0.2) is 46.0 Å². The number of likely N-dealkylation sites (N-methyl/N-ethyl adjacent to an activating group) is 1. The second kappa shape index (κ2) is 7.99. The maximum Gasteiger partial charge on any atom is 0.307 e. The van der Waals surface area contributed by atoms with Crippen molar-refractivity contribution in [2.24, 2.45) is 0 Å². The lowest BCUT2D eigenvalue weighted by Gasteiger charge is -2.32.